The fourth-order valence-electron chi connectivity index (χ4n) is 5.94. The molecule has 2 aliphatic rings. The van der Waals surface area contributed by atoms with Crippen LogP contribution >= 0.6 is 0 Å². The van der Waals surface area contributed by atoms with Crippen molar-refractivity contribution < 1.29 is 19.6 Å². The molecule has 4 N–H and O–H groups in total. The van der Waals surface area contributed by atoms with Crippen molar-refractivity contribution in [1.82, 2.24) is 25.8 Å². The summed E-state index contributed by atoms with van der Waals surface area (Å²) in [6.45, 7) is 0.723. The molecule has 0 radical (unpaired) electrons. The van der Waals surface area contributed by atoms with Gasteiger partial charge in [-0.25, -0.2) is 5.48 Å². The first-order valence-electron chi connectivity index (χ1n) is 14.1. The highest BCUT2D eigenvalue weighted by Crippen LogP contribution is 2.37. The van der Waals surface area contributed by atoms with Gasteiger partial charge in [-0.3, -0.25) is 24.3 Å². The van der Waals surface area contributed by atoms with Gasteiger partial charge in [0.15, 0.2) is 0 Å². The molecular weight excluding hydrogens is 508 g/mol. The minimum absolute atomic E-state index is 0.0408. The molecule has 0 spiro atoms. The zero-order chi connectivity index (χ0) is 27.9. The Labute approximate surface area is 233 Å². The maximum Gasteiger partial charge on any atom is 0.244 e. The second-order valence-corrected chi connectivity index (χ2v) is 10.8. The van der Waals surface area contributed by atoms with E-state index in [0.717, 1.165) is 44.2 Å². The van der Waals surface area contributed by atoms with Gasteiger partial charge in [-0.2, -0.15) is 0 Å². The summed E-state index contributed by atoms with van der Waals surface area (Å²) in [4.78, 5) is 37.3. The topological polar surface area (TPSA) is 138 Å². The number of carbonyl (C=O) groups excluding carboxylic acids is 3. The number of aromatic nitrogens is 3. The molecule has 2 aliphatic carbocycles. The first-order valence-corrected chi connectivity index (χ1v) is 14.1. The number of fused-ring (bicyclic) bond motifs is 3. The van der Waals surface area contributed by atoms with Gasteiger partial charge in [-0.15, -0.1) is 5.10 Å². The van der Waals surface area contributed by atoms with E-state index in [1.807, 2.05) is 12.1 Å². The van der Waals surface area contributed by atoms with Gasteiger partial charge in [0.25, 0.3) is 0 Å². The summed E-state index contributed by atoms with van der Waals surface area (Å²) >= 11 is 0. The highest BCUT2D eigenvalue weighted by atomic mass is 16.5. The van der Waals surface area contributed by atoms with Crippen molar-refractivity contribution in [3.05, 3.63) is 65.5 Å². The Bertz CT molecular complexity index is 1360. The molecule has 0 bridgehead atoms. The normalized spacial score (nSPS) is 15.1. The van der Waals surface area contributed by atoms with E-state index >= 15 is 0 Å². The summed E-state index contributed by atoms with van der Waals surface area (Å²) < 4.78 is 1.67. The Balaban J connectivity index is 1.06. The van der Waals surface area contributed by atoms with Crippen LogP contribution in [0.2, 0.25) is 0 Å². The Hall–Kier alpha value is -4.05. The van der Waals surface area contributed by atoms with Gasteiger partial charge < -0.3 is 10.6 Å². The molecule has 10 heteroatoms. The van der Waals surface area contributed by atoms with E-state index in [-0.39, 0.29) is 30.7 Å². The molecule has 1 unspecified atom stereocenters. The van der Waals surface area contributed by atoms with E-state index in [9.17, 15) is 14.4 Å². The van der Waals surface area contributed by atoms with Gasteiger partial charge >= 0.3 is 0 Å². The molecule has 3 aromatic rings. The molecule has 2 aromatic carbocycles. The minimum atomic E-state index is -0.553. The zero-order valence-electron chi connectivity index (χ0n) is 22.6. The molecule has 1 aromatic heterocycles. The van der Waals surface area contributed by atoms with Crippen LogP contribution in [0.25, 0.3) is 11.1 Å². The summed E-state index contributed by atoms with van der Waals surface area (Å²) in [5.74, 6) is -1.17. The lowest BCUT2D eigenvalue weighted by atomic mass is 9.78. The van der Waals surface area contributed by atoms with Crippen LogP contribution in [0.3, 0.4) is 0 Å². The van der Waals surface area contributed by atoms with Gasteiger partial charge in [-0.05, 0) is 66.0 Å². The summed E-state index contributed by atoms with van der Waals surface area (Å²) in [6, 6.07) is 14.5. The van der Waals surface area contributed by atoms with Crippen LogP contribution in [0.5, 0.6) is 0 Å². The van der Waals surface area contributed by atoms with Crippen LogP contribution < -0.4 is 16.1 Å². The summed E-state index contributed by atoms with van der Waals surface area (Å²) in [5.41, 5.74) is 8.08. The SMILES string of the molecule is O=C(CC(C(=O)NCc1cn(CCCC(=O)Nc2ccc3c(c2)Cc2ccccc2-3)nn1)C1CCCCC1)NO. The molecule has 1 heterocycles. The zero-order valence-corrected chi connectivity index (χ0v) is 22.6. The molecule has 1 fully saturated rings. The number of hydroxylamine groups is 1. The fraction of sp³-hybridized carbons (Fsp3) is 0.433. The highest BCUT2D eigenvalue weighted by molar-refractivity contribution is 5.91. The van der Waals surface area contributed by atoms with E-state index in [0.29, 0.717) is 25.1 Å². The molecule has 210 valence electrons. The minimum Gasteiger partial charge on any atom is -0.350 e. The summed E-state index contributed by atoms with van der Waals surface area (Å²) in [7, 11) is 0. The molecule has 10 nitrogen and oxygen atoms in total. The van der Waals surface area contributed by atoms with Crippen LogP contribution in [0, 0.1) is 11.8 Å². The average molecular weight is 545 g/mol. The van der Waals surface area contributed by atoms with Crippen LogP contribution in [0.4, 0.5) is 5.69 Å². The number of rotatable bonds is 11. The first kappa shape index (κ1) is 27.5. The van der Waals surface area contributed by atoms with Crippen molar-refractivity contribution in [2.75, 3.05) is 5.32 Å². The van der Waals surface area contributed by atoms with E-state index in [2.05, 4.69) is 51.3 Å². The van der Waals surface area contributed by atoms with Gasteiger partial charge in [0.1, 0.15) is 5.69 Å². The number of nitrogens with zero attached hydrogens (tertiary/aromatic N) is 3. The maximum absolute atomic E-state index is 12.9. The molecular formula is C30H36N6O4. The number of benzene rings is 2. The third-order valence-corrected chi connectivity index (χ3v) is 7.98. The van der Waals surface area contributed by atoms with Crippen LogP contribution in [0.15, 0.2) is 48.7 Å². The molecule has 5 rings (SSSR count). The van der Waals surface area contributed by atoms with Crippen LogP contribution in [0.1, 0.15) is 68.2 Å². The summed E-state index contributed by atoms with van der Waals surface area (Å²) in [5, 5.41) is 23.1. The number of carbonyl (C=O) groups is 3. The third kappa shape index (κ3) is 6.74. The van der Waals surface area contributed by atoms with E-state index in [1.165, 1.54) is 22.3 Å². The number of aryl methyl sites for hydroxylation is 1. The van der Waals surface area contributed by atoms with E-state index in [4.69, 9.17) is 5.21 Å². The number of anilines is 1. The second-order valence-electron chi connectivity index (χ2n) is 10.8. The number of amides is 3. The lowest BCUT2D eigenvalue weighted by molar-refractivity contribution is -0.136. The number of nitrogens with one attached hydrogen (secondary N) is 3. The highest BCUT2D eigenvalue weighted by Gasteiger charge is 2.31. The van der Waals surface area contributed by atoms with Crippen molar-refractivity contribution in [2.24, 2.45) is 11.8 Å². The van der Waals surface area contributed by atoms with Gasteiger partial charge in [0.05, 0.1) is 12.7 Å². The fourth-order valence-corrected chi connectivity index (χ4v) is 5.94. The Morgan fingerprint density at radius 1 is 1.00 bits per heavy atom. The van der Waals surface area contributed by atoms with Crippen LogP contribution in [-0.2, 0) is 33.9 Å². The number of hydrogen-bond donors (Lipinski definition) is 4. The van der Waals surface area contributed by atoms with Crippen molar-refractivity contribution >= 4 is 23.4 Å². The Morgan fingerprint density at radius 3 is 2.62 bits per heavy atom. The smallest absolute Gasteiger partial charge is 0.244 e. The molecule has 1 atom stereocenters. The van der Waals surface area contributed by atoms with E-state index in [1.54, 1.807) is 16.4 Å². The van der Waals surface area contributed by atoms with Crippen molar-refractivity contribution in [1.29, 1.82) is 0 Å². The summed E-state index contributed by atoms with van der Waals surface area (Å²) in [6.07, 6.45) is 8.58. The Morgan fingerprint density at radius 2 is 1.80 bits per heavy atom. The predicted molar refractivity (Wildman–Crippen MR) is 149 cm³/mol. The lowest BCUT2D eigenvalue weighted by Gasteiger charge is -2.28. The van der Waals surface area contributed by atoms with Crippen LogP contribution in [-0.4, -0.2) is 37.9 Å². The average Bonchev–Trinajstić information content (AvgIpc) is 3.58. The lowest BCUT2D eigenvalue weighted by Crippen LogP contribution is -2.38. The van der Waals surface area contributed by atoms with Crippen molar-refractivity contribution in [3.63, 3.8) is 0 Å². The van der Waals surface area contributed by atoms with Gasteiger partial charge in [0, 0.05) is 31.0 Å². The second kappa shape index (κ2) is 12.9. The van der Waals surface area contributed by atoms with E-state index < -0.39 is 11.8 Å². The van der Waals surface area contributed by atoms with Crippen molar-refractivity contribution in [2.45, 2.75) is 70.9 Å². The predicted octanol–water partition coefficient (Wildman–Crippen LogP) is 3.98. The first-order chi connectivity index (χ1) is 19.5. The number of hydrogen-bond acceptors (Lipinski definition) is 6. The maximum atomic E-state index is 12.9. The Kier molecular flexibility index (Phi) is 8.85. The largest absolute Gasteiger partial charge is 0.350 e. The van der Waals surface area contributed by atoms with Gasteiger partial charge in [-0.1, -0.05) is 54.8 Å². The molecule has 0 aliphatic heterocycles. The van der Waals surface area contributed by atoms with Crippen molar-refractivity contribution in [3.8, 4) is 11.1 Å². The monoisotopic (exact) mass is 544 g/mol. The molecule has 1 saturated carbocycles. The standard InChI is InChI=1S/C30H36N6O4/c37-28(32-23-12-13-26-22(16-23)15-21-9-4-5-10-25(21)26)11-6-14-36-19-24(33-35-36)18-31-30(39)27(17-29(38)34-40)20-7-2-1-3-8-20/h4-5,9-10,12-13,16,19-20,27,40H,1-3,6-8,11,14-15,17-18H2,(H,31,39)(H,32,37)(H,34,38). The van der Waals surface area contributed by atoms with Gasteiger partial charge in [0.2, 0.25) is 17.7 Å². The molecule has 3 amide bonds. The quantitative estimate of drug-likeness (QED) is 0.166. The third-order valence-electron chi connectivity index (χ3n) is 7.98. The molecule has 40 heavy (non-hydrogen) atoms. The molecule has 0 saturated heterocycles.